The van der Waals surface area contributed by atoms with Crippen LogP contribution in [0.15, 0.2) is 22.7 Å². The summed E-state index contributed by atoms with van der Waals surface area (Å²) in [7, 11) is 0. The molecule has 0 aliphatic carbocycles. The fourth-order valence-electron chi connectivity index (χ4n) is 1.09. The Kier molecular flexibility index (Phi) is 3.31. The van der Waals surface area contributed by atoms with Crippen LogP contribution < -0.4 is 5.32 Å². The van der Waals surface area contributed by atoms with Crippen LogP contribution in [0.4, 0.5) is 4.79 Å². The zero-order valence-corrected chi connectivity index (χ0v) is 8.76. The minimum atomic E-state index is -1.00. The summed E-state index contributed by atoms with van der Waals surface area (Å²) in [4.78, 5) is 10.2. The monoisotopic (exact) mass is 243 g/mol. The molecule has 4 heteroatoms. The lowest BCUT2D eigenvalue weighted by atomic mass is 10.1. The summed E-state index contributed by atoms with van der Waals surface area (Å²) in [5.74, 6) is 0. The molecule has 0 aliphatic rings. The van der Waals surface area contributed by atoms with E-state index in [0.717, 1.165) is 15.6 Å². The molecule has 1 amide bonds. The van der Waals surface area contributed by atoms with Gasteiger partial charge in [0.2, 0.25) is 0 Å². The van der Waals surface area contributed by atoms with Crippen molar-refractivity contribution in [3.05, 3.63) is 33.8 Å². The van der Waals surface area contributed by atoms with Crippen molar-refractivity contribution >= 4 is 22.0 Å². The predicted octanol–water partition coefficient (Wildman–Crippen LogP) is 2.53. The number of carbonyl (C=O) groups is 1. The van der Waals surface area contributed by atoms with Gasteiger partial charge < -0.3 is 10.4 Å². The highest BCUT2D eigenvalue weighted by Gasteiger charge is 1.98. The topological polar surface area (TPSA) is 49.3 Å². The van der Waals surface area contributed by atoms with Crippen molar-refractivity contribution in [2.45, 2.75) is 13.5 Å². The molecule has 0 unspecified atom stereocenters. The molecule has 0 heterocycles. The van der Waals surface area contributed by atoms with Gasteiger partial charge in [0.15, 0.2) is 0 Å². The third kappa shape index (κ3) is 3.46. The third-order valence-corrected chi connectivity index (χ3v) is 2.00. The van der Waals surface area contributed by atoms with Gasteiger partial charge in [-0.3, -0.25) is 0 Å². The lowest BCUT2D eigenvalue weighted by Crippen LogP contribution is -2.19. The van der Waals surface area contributed by atoms with Crippen LogP contribution >= 0.6 is 15.9 Å². The highest BCUT2D eigenvalue weighted by atomic mass is 79.9. The zero-order valence-electron chi connectivity index (χ0n) is 7.17. The number of benzene rings is 1. The van der Waals surface area contributed by atoms with Crippen molar-refractivity contribution in [3.8, 4) is 0 Å². The normalized spacial score (nSPS) is 9.69. The van der Waals surface area contributed by atoms with Gasteiger partial charge in [-0.1, -0.05) is 22.0 Å². The van der Waals surface area contributed by atoms with Crippen LogP contribution in [-0.2, 0) is 6.54 Å². The van der Waals surface area contributed by atoms with E-state index in [1.807, 2.05) is 25.1 Å². The molecule has 1 rings (SSSR count). The lowest BCUT2D eigenvalue weighted by molar-refractivity contribution is 0.194. The van der Waals surface area contributed by atoms with E-state index >= 15 is 0 Å². The average Bonchev–Trinajstić information content (AvgIpc) is 1.99. The van der Waals surface area contributed by atoms with Gasteiger partial charge in [0, 0.05) is 11.0 Å². The predicted molar refractivity (Wildman–Crippen MR) is 53.7 cm³/mol. The SMILES string of the molecule is Cc1cc(Br)cc(CNC(=O)O)c1. The van der Waals surface area contributed by atoms with E-state index in [4.69, 9.17) is 5.11 Å². The van der Waals surface area contributed by atoms with Crippen molar-refractivity contribution in [2.24, 2.45) is 0 Å². The van der Waals surface area contributed by atoms with E-state index in [0.29, 0.717) is 6.54 Å². The first-order valence-electron chi connectivity index (χ1n) is 3.81. The second kappa shape index (κ2) is 4.28. The van der Waals surface area contributed by atoms with Gasteiger partial charge in [-0.15, -0.1) is 0 Å². The molecule has 0 saturated heterocycles. The number of hydrogen-bond acceptors (Lipinski definition) is 1. The maximum atomic E-state index is 10.2. The van der Waals surface area contributed by atoms with Gasteiger partial charge in [-0.05, 0) is 30.2 Å². The number of nitrogens with one attached hydrogen (secondary N) is 1. The molecular weight excluding hydrogens is 234 g/mol. The zero-order chi connectivity index (χ0) is 9.84. The van der Waals surface area contributed by atoms with E-state index in [1.54, 1.807) is 0 Å². The highest BCUT2D eigenvalue weighted by Crippen LogP contribution is 2.14. The molecular formula is C9H10BrNO2. The van der Waals surface area contributed by atoms with Crippen LogP contribution in [0.1, 0.15) is 11.1 Å². The molecule has 0 atom stereocenters. The van der Waals surface area contributed by atoms with E-state index in [2.05, 4.69) is 21.2 Å². The Morgan fingerprint density at radius 1 is 1.54 bits per heavy atom. The van der Waals surface area contributed by atoms with E-state index < -0.39 is 6.09 Å². The molecule has 0 bridgehead atoms. The maximum Gasteiger partial charge on any atom is 0.404 e. The average molecular weight is 244 g/mol. The molecule has 70 valence electrons. The Morgan fingerprint density at radius 3 is 2.77 bits per heavy atom. The van der Waals surface area contributed by atoms with Crippen molar-refractivity contribution in [1.29, 1.82) is 0 Å². The smallest absolute Gasteiger partial charge is 0.404 e. The summed E-state index contributed by atoms with van der Waals surface area (Å²) in [5, 5.41) is 10.7. The Morgan fingerprint density at radius 2 is 2.23 bits per heavy atom. The number of amides is 1. The fraction of sp³-hybridized carbons (Fsp3) is 0.222. The summed E-state index contributed by atoms with van der Waals surface area (Å²) in [5.41, 5.74) is 2.06. The molecule has 0 aromatic heterocycles. The lowest BCUT2D eigenvalue weighted by Gasteiger charge is -2.03. The number of halogens is 1. The number of rotatable bonds is 2. The van der Waals surface area contributed by atoms with Crippen molar-refractivity contribution < 1.29 is 9.90 Å². The molecule has 0 saturated carbocycles. The van der Waals surface area contributed by atoms with Gasteiger partial charge in [-0.2, -0.15) is 0 Å². The van der Waals surface area contributed by atoms with Crippen molar-refractivity contribution in [2.75, 3.05) is 0 Å². The van der Waals surface area contributed by atoms with E-state index in [-0.39, 0.29) is 0 Å². The number of hydrogen-bond donors (Lipinski definition) is 2. The molecule has 3 nitrogen and oxygen atoms in total. The molecule has 0 radical (unpaired) electrons. The summed E-state index contributed by atoms with van der Waals surface area (Å²) >= 11 is 3.34. The van der Waals surface area contributed by atoms with Crippen LogP contribution in [0.3, 0.4) is 0 Å². The van der Waals surface area contributed by atoms with E-state index in [9.17, 15) is 4.79 Å². The molecule has 0 spiro atoms. The van der Waals surface area contributed by atoms with Crippen LogP contribution in [0.25, 0.3) is 0 Å². The standard InChI is InChI=1S/C9H10BrNO2/c1-6-2-7(4-8(10)3-6)5-11-9(12)13/h2-4,11H,5H2,1H3,(H,12,13). The van der Waals surface area contributed by atoms with Crippen molar-refractivity contribution in [1.82, 2.24) is 5.32 Å². The minimum Gasteiger partial charge on any atom is -0.465 e. The Balaban J connectivity index is 2.71. The summed E-state index contributed by atoms with van der Waals surface area (Å²) in [6, 6.07) is 5.81. The van der Waals surface area contributed by atoms with Crippen LogP contribution in [0.5, 0.6) is 0 Å². The van der Waals surface area contributed by atoms with Gasteiger partial charge in [-0.25, -0.2) is 4.79 Å². The first kappa shape index (κ1) is 10.1. The molecule has 0 aliphatic heterocycles. The maximum absolute atomic E-state index is 10.2. The first-order chi connectivity index (χ1) is 6.08. The largest absolute Gasteiger partial charge is 0.465 e. The van der Waals surface area contributed by atoms with Gasteiger partial charge in [0.25, 0.3) is 0 Å². The van der Waals surface area contributed by atoms with Gasteiger partial charge in [0.05, 0.1) is 0 Å². The third-order valence-electron chi connectivity index (χ3n) is 1.55. The molecule has 0 fully saturated rings. The Labute approximate surface area is 84.9 Å². The second-order valence-corrected chi connectivity index (χ2v) is 3.71. The van der Waals surface area contributed by atoms with E-state index in [1.165, 1.54) is 0 Å². The quantitative estimate of drug-likeness (QED) is 0.839. The summed E-state index contributed by atoms with van der Waals surface area (Å²) < 4.78 is 0.967. The van der Waals surface area contributed by atoms with Gasteiger partial charge >= 0.3 is 6.09 Å². The van der Waals surface area contributed by atoms with Gasteiger partial charge in [0.1, 0.15) is 0 Å². The highest BCUT2D eigenvalue weighted by molar-refractivity contribution is 9.10. The fourth-order valence-corrected chi connectivity index (χ4v) is 1.75. The summed E-state index contributed by atoms with van der Waals surface area (Å²) in [6.45, 7) is 2.31. The van der Waals surface area contributed by atoms with Crippen LogP contribution in [-0.4, -0.2) is 11.2 Å². The first-order valence-corrected chi connectivity index (χ1v) is 4.60. The van der Waals surface area contributed by atoms with Crippen LogP contribution in [0, 0.1) is 6.92 Å². The molecule has 1 aromatic carbocycles. The summed E-state index contributed by atoms with van der Waals surface area (Å²) in [6.07, 6.45) is -1.00. The molecule has 2 N–H and O–H groups in total. The second-order valence-electron chi connectivity index (χ2n) is 2.80. The Bertz CT molecular complexity index is 305. The number of aryl methyl sites for hydroxylation is 1. The molecule has 1 aromatic rings. The Hall–Kier alpha value is -1.03. The van der Waals surface area contributed by atoms with Crippen LogP contribution in [0.2, 0.25) is 0 Å². The minimum absolute atomic E-state index is 0.343. The molecule has 13 heavy (non-hydrogen) atoms. The van der Waals surface area contributed by atoms with Crippen molar-refractivity contribution in [3.63, 3.8) is 0 Å². The number of carboxylic acid groups (broad SMARTS) is 1.